The van der Waals surface area contributed by atoms with Crippen molar-refractivity contribution in [1.82, 2.24) is 10.6 Å². The van der Waals surface area contributed by atoms with Crippen LogP contribution in [0.15, 0.2) is 0 Å². The SMILES string of the molecule is CC.CCCOCCNC(=O)CCOCCOCCOCCOCCNC. The fourth-order valence-corrected chi connectivity index (χ4v) is 1.70. The molecule has 0 spiro atoms. The van der Waals surface area contributed by atoms with E-state index >= 15 is 0 Å². The second-order valence-electron chi connectivity index (χ2n) is 5.27. The lowest BCUT2D eigenvalue weighted by Gasteiger charge is -2.08. The predicted octanol–water partition coefficient (Wildman–Crippen LogP) is 1.23. The Hall–Kier alpha value is -0.770. The first kappa shape index (κ1) is 28.4. The Morgan fingerprint density at radius 3 is 1.63 bits per heavy atom. The molecule has 0 rings (SSSR count). The summed E-state index contributed by atoms with van der Waals surface area (Å²) in [5.74, 6) is -0.0219. The van der Waals surface area contributed by atoms with Gasteiger partial charge in [-0.25, -0.2) is 0 Å². The molecule has 0 saturated carbocycles. The molecular formula is C19H42N2O6. The van der Waals surface area contributed by atoms with E-state index in [0.717, 1.165) is 19.6 Å². The Morgan fingerprint density at radius 2 is 1.11 bits per heavy atom. The molecule has 0 aromatic carbocycles. The Balaban J connectivity index is 0. The third-order valence-electron chi connectivity index (χ3n) is 3.00. The van der Waals surface area contributed by atoms with Crippen LogP contribution in [0.5, 0.6) is 0 Å². The van der Waals surface area contributed by atoms with E-state index in [1.165, 1.54) is 0 Å². The van der Waals surface area contributed by atoms with E-state index in [1.54, 1.807) is 0 Å². The van der Waals surface area contributed by atoms with E-state index in [2.05, 4.69) is 17.6 Å². The predicted molar refractivity (Wildman–Crippen MR) is 107 cm³/mol. The van der Waals surface area contributed by atoms with Gasteiger partial charge >= 0.3 is 0 Å². The molecule has 8 nitrogen and oxygen atoms in total. The van der Waals surface area contributed by atoms with E-state index < -0.39 is 0 Å². The minimum Gasteiger partial charge on any atom is -0.380 e. The van der Waals surface area contributed by atoms with Crippen molar-refractivity contribution in [3.05, 3.63) is 0 Å². The van der Waals surface area contributed by atoms with Crippen LogP contribution in [0.1, 0.15) is 33.6 Å². The summed E-state index contributed by atoms with van der Waals surface area (Å²) in [7, 11) is 1.89. The summed E-state index contributed by atoms with van der Waals surface area (Å²) in [6, 6.07) is 0. The molecule has 0 saturated heterocycles. The van der Waals surface area contributed by atoms with Crippen molar-refractivity contribution in [2.45, 2.75) is 33.6 Å². The normalized spacial score (nSPS) is 10.4. The lowest BCUT2D eigenvalue weighted by Crippen LogP contribution is -2.28. The van der Waals surface area contributed by atoms with Crippen LogP contribution < -0.4 is 10.6 Å². The van der Waals surface area contributed by atoms with Crippen LogP contribution in [-0.2, 0) is 28.5 Å². The molecule has 0 heterocycles. The lowest BCUT2D eigenvalue weighted by molar-refractivity contribution is -0.122. The first-order valence-electron chi connectivity index (χ1n) is 10.1. The van der Waals surface area contributed by atoms with Gasteiger partial charge in [0.1, 0.15) is 0 Å². The number of hydrogen-bond donors (Lipinski definition) is 2. The van der Waals surface area contributed by atoms with Gasteiger partial charge in [-0.3, -0.25) is 4.79 Å². The minimum atomic E-state index is -0.0219. The van der Waals surface area contributed by atoms with Crippen LogP contribution in [0, 0.1) is 0 Å². The number of rotatable bonds is 20. The number of nitrogens with one attached hydrogen (secondary N) is 2. The number of carbonyl (C=O) groups is 1. The first-order valence-corrected chi connectivity index (χ1v) is 10.1. The fraction of sp³-hybridized carbons (Fsp3) is 0.947. The maximum absolute atomic E-state index is 11.5. The van der Waals surface area contributed by atoms with Gasteiger partial charge in [0, 0.05) is 26.1 Å². The zero-order valence-electron chi connectivity index (χ0n) is 17.8. The van der Waals surface area contributed by atoms with Crippen LogP contribution in [0.3, 0.4) is 0 Å². The van der Waals surface area contributed by atoms with E-state index in [4.69, 9.17) is 23.7 Å². The molecule has 164 valence electrons. The molecule has 0 bridgehead atoms. The Kier molecular flexibility index (Phi) is 28.9. The maximum Gasteiger partial charge on any atom is 0.222 e. The molecule has 8 heteroatoms. The van der Waals surface area contributed by atoms with Crippen molar-refractivity contribution < 1.29 is 28.5 Å². The number of ether oxygens (including phenoxy) is 5. The van der Waals surface area contributed by atoms with Crippen molar-refractivity contribution in [2.24, 2.45) is 0 Å². The van der Waals surface area contributed by atoms with Crippen LogP contribution in [-0.4, -0.2) is 92.1 Å². The third-order valence-corrected chi connectivity index (χ3v) is 3.00. The highest BCUT2D eigenvalue weighted by atomic mass is 16.6. The molecule has 0 aliphatic rings. The summed E-state index contributed by atoms with van der Waals surface area (Å²) in [4.78, 5) is 11.5. The molecule has 1 amide bonds. The Morgan fingerprint density at radius 1 is 0.667 bits per heavy atom. The van der Waals surface area contributed by atoms with Gasteiger partial charge < -0.3 is 34.3 Å². The average Bonchev–Trinajstić information content (AvgIpc) is 2.69. The molecule has 27 heavy (non-hydrogen) atoms. The zero-order chi connectivity index (χ0) is 20.4. The Bertz CT molecular complexity index is 283. The summed E-state index contributed by atoms with van der Waals surface area (Å²) in [6.45, 7) is 13.0. The molecule has 0 aromatic rings. The zero-order valence-corrected chi connectivity index (χ0v) is 17.8. The van der Waals surface area contributed by atoms with E-state index in [0.29, 0.717) is 72.4 Å². The molecule has 0 atom stereocenters. The quantitative estimate of drug-likeness (QED) is 0.300. The van der Waals surface area contributed by atoms with E-state index in [1.807, 2.05) is 20.9 Å². The smallest absolute Gasteiger partial charge is 0.222 e. The van der Waals surface area contributed by atoms with Gasteiger partial charge in [-0.15, -0.1) is 0 Å². The molecule has 0 aliphatic heterocycles. The molecule has 0 aromatic heterocycles. The fourth-order valence-electron chi connectivity index (χ4n) is 1.70. The van der Waals surface area contributed by atoms with Gasteiger partial charge in [0.05, 0.1) is 59.5 Å². The third kappa shape index (κ3) is 27.6. The number of amides is 1. The van der Waals surface area contributed by atoms with Crippen molar-refractivity contribution in [3.63, 3.8) is 0 Å². The number of likely N-dealkylation sites (N-methyl/N-ethyl adjacent to an activating group) is 1. The van der Waals surface area contributed by atoms with Gasteiger partial charge in [-0.05, 0) is 13.5 Å². The van der Waals surface area contributed by atoms with Gasteiger partial charge in [-0.1, -0.05) is 20.8 Å². The van der Waals surface area contributed by atoms with Crippen molar-refractivity contribution in [3.8, 4) is 0 Å². The topological polar surface area (TPSA) is 87.3 Å². The summed E-state index contributed by atoms with van der Waals surface area (Å²) in [5.41, 5.74) is 0. The van der Waals surface area contributed by atoms with Gasteiger partial charge in [0.25, 0.3) is 0 Å². The second-order valence-corrected chi connectivity index (χ2v) is 5.27. The van der Waals surface area contributed by atoms with Crippen LogP contribution >= 0.6 is 0 Å². The van der Waals surface area contributed by atoms with Gasteiger partial charge in [-0.2, -0.15) is 0 Å². The minimum absolute atomic E-state index is 0.0219. The molecule has 0 radical (unpaired) electrons. The summed E-state index contributed by atoms with van der Waals surface area (Å²) in [5, 5.41) is 5.79. The highest BCUT2D eigenvalue weighted by molar-refractivity contribution is 5.75. The molecule has 0 unspecified atom stereocenters. The lowest BCUT2D eigenvalue weighted by atomic mass is 10.4. The van der Waals surface area contributed by atoms with Gasteiger partial charge in [0.2, 0.25) is 5.91 Å². The van der Waals surface area contributed by atoms with Crippen molar-refractivity contribution in [2.75, 3.05) is 86.2 Å². The van der Waals surface area contributed by atoms with E-state index in [-0.39, 0.29) is 5.91 Å². The van der Waals surface area contributed by atoms with Crippen LogP contribution in [0.4, 0.5) is 0 Å². The molecule has 0 fully saturated rings. The van der Waals surface area contributed by atoms with Crippen LogP contribution in [0.2, 0.25) is 0 Å². The van der Waals surface area contributed by atoms with Crippen LogP contribution in [0.25, 0.3) is 0 Å². The Labute approximate surface area is 165 Å². The monoisotopic (exact) mass is 394 g/mol. The van der Waals surface area contributed by atoms with Crippen molar-refractivity contribution in [1.29, 1.82) is 0 Å². The van der Waals surface area contributed by atoms with Crippen molar-refractivity contribution >= 4 is 5.91 Å². The second kappa shape index (κ2) is 27.4. The number of carbonyl (C=O) groups excluding carboxylic acids is 1. The first-order chi connectivity index (χ1) is 13.3. The highest BCUT2D eigenvalue weighted by Gasteiger charge is 2.00. The summed E-state index contributed by atoms with van der Waals surface area (Å²) >= 11 is 0. The maximum atomic E-state index is 11.5. The molecule has 0 aliphatic carbocycles. The van der Waals surface area contributed by atoms with E-state index in [9.17, 15) is 4.79 Å². The molecule has 2 N–H and O–H groups in total. The summed E-state index contributed by atoms with van der Waals surface area (Å²) < 4.78 is 26.7. The summed E-state index contributed by atoms with van der Waals surface area (Å²) in [6.07, 6.45) is 1.34. The standard InChI is InChI=1S/C17H36N2O6.C2H6/c1-3-7-21-10-6-19-17(20)4-8-22-11-13-24-15-16-25-14-12-23-9-5-18-2;1-2/h18H,3-16H2,1-2H3,(H,19,20);1-2H3. The van der Waals surface area contributed by atoms with Gasteiger partial charge in [0.15, 0.2) is 0 Å². The highest BCUT2D eigenvalue weighted by Crippen LogP contribution is 1.86. The molecular weight excluding hydrogens is 352 g/mol. The number of hydrogen-bond acceptors (Lipinski definition) is 7. The largest absolute Gasteiger partial charge is 0.380 e. The average molecular weight is 395 g/mol.